The molecule has 0 aliphatic carbocycles. The van der Waals surface area contributed by atoms with Crippen LogP contribution in [0.25, 0.3) is 0 Å². The molecule has 2 aromatic heterocycles. The van der Waals surface area contributed by atoms with Gasteiger partial charge in [0.15, 0.2) is 5.82 Å². The summed E-state index contributed by atoms with van der Waals surface area (Å²) >= 11 is 0. The summed E-state index contributed by atoms with van der Waals surface area (Å²) in [4.78, 5) is 35.2. The van der Waals surface area contributed by atoms with Gasteiger partial charge in [-0.1, -0.05) is 0 Å². The van der Waals surface area contributed by atoms with E-state index in [1.165, 1.54) is 7.11 Å². The lowest BCUT2D eigenvalue weighted by molar-refractivity contribution is 0.0632. The Morgan fingerprint density at radius 1 is 1.29 bits per heavy atom. The van der Waals surface area contributed by atoms with Gasteiger partial charge in [-0.05, 0) is 18.9 Å². The number of likely N-dealkylation sites (tertiary alicyclic amines) is 1. The first kappa shape index (κ1) is 16.2. The third-order valence-electron chi connectivity index (χ3n) is 4.31. The minimum Gasteiger partial charge on any atom is -0.481 e. The molecule has 126 valence electrons. The van der Waals surface area contributed by atoms with Crippen molar-refractivity contribution >= 4 is 11.7 Å². The number of hydrogen-bond acceptors (Lipinski definition) is 5. The molecule has 0 saturated carbocycles. The molecule has 1 aliphatic heterocycles. The molecule has 1 atom stereocenters. The molecule has 0 bridgehead atoms. The summed E-state index contributed by atoms with van der Waals surface area (Å²) in [6.07, 6.45) is 6.49. The largest absolute Gasteiger partial charge is 0.481 e. The van der Waals surface area contributed by atoms with Crippen molar-refractivity contribution in [3.05, 3.63) is 42.1 Å². The minimum atomic E-state index is -0.215. The molecule has 24 heavy (non-hydrogen) atoms. The van der Waals surface area contributed by atoms with Crippen molar-refractivity contribution in [3.63, 3.8) is 0 Å². The zero-order chi connectivity index (χ0) is 17.1. The molecule has 3 rings (SSSR count). The lowest BCUT2D eigenvalue weighted by Crippen LogP contribution is -2.42. The van der Waals surface area contributed by atoms with Gasteiger partial charge < -0.3 is 14.2 Å². The Balaban J connectivity index is 1.74. The van der Waals surface area contributed by atoms with Crippen LogP contribution in [-0.4, -0.2) is 51.3 Å². The summed E-state index contributed by atoms with van der Waals surface area (Å²) in [5.74, 6) is 0.520. The van der Waals surface area contributed by atoms with Gasteiger partial charge >= 0.3 is 0 Å². The second-order valence-electron chi connectivity index (χ2n) is 5.90. The molecular weight excluding hydrogens is 308 g/mol. The Kier molecular flexibility index (Phi) is 4.59. The van der Waals surface area contributed by atoms with Crippen molar-refractivity contribution in [2.75, 3.05) is 20.2 Å². The fourth-order valence-electron chi connectivity index (χ4n) is 3.00. The number of piperidine rings is 1. The Labute approximate surface area is 140 Å². The van der Waals surface area contributed by atoms with Crippen molar-refractivity contribution in [2.45, 2.75) is 12.8 Å². The van der Waals surface area contributed by atoms with Crippen LogP contribution in [0.3, 0.4) is 0 Å². The molecule has 0 unspecified atom stereocenters. The molecule has 1 fully saturated rings. The highest BCUT2D eigenvalue weighted by molar-refractivity contribution is 5.97. The molecule has 2 aromatic rings. The molecule has 7 heteroatoms. The number of methoxy groups -OCH3 is 1. The highest BCUT2D eigenvalue weighted by Crippen LogP contribution is 2.22. The molecule has 3 heterocycles. The Bertz CT molecular complexity index is 756. The Morgan fingerprint density at radius 2 is 2.12 bits per heavy atom. The summed E-state index contributed by atoms with van der Waals surface area (Å²) in [5.41, 5.74) is 0.520. The Morgan fingerprint density at radius 3 is 2.83 bits per heavy atom. The number of hydrogen-bond donors (Lipinski definition) is 0. The molecule has 1 amide bonds. The van der Waals surface area contributed by atoms with Crippen molar-refractivity contribution in [1.29, 1.82) is 0 Å². The molecule has 0 radical (unpaired) electrons. The molecule has 0 N–H and O–H groups in total. The van der Waals surface area contributed by atoms with E-state index in [0.29, 0.717) is 30.4 Å². The summed E-state index contributed by atoms with van der Waals surface area (Å²) in [6.45, 7) is 1.06. The van der Waals surface area contributed by atoms with E-state index in [9.17, 15) is 9.59 Å². The van der Waals surface area contributed by atoms with Crippen LogP contribution in [0.5, 0.6) is 5.88 Å². The van der Waals surface area contributed by atoms with Crippen LogP contribution in [0, 0.1) is 5.92 Å². The summed E-state index contributed by atoms with van der Waals surface area (Å²) in [7, 11) is 3.31. The van der Waals surface area contributed by atoms with Gasteiger partial charge in [0.25, 0.3) is 5.91 Å². The summed E-state index contributed by atoms with van der Waals surface area (Å²) in [5, 5.41) is 0. The summed E-state index contributed by atoms with van der Waals surface area (Å²) < 4.78 is 6.79. The van der Waals surface area contributed by atoms with E-state index in [-0.39, 0.29) is 17.6 Å². The number of aromatic nitrogens is 3. The number of rotatable bonds is 4. The second kappa shape index (κ2) is 6.82. The zero-order valence-corrected chi connectivity index (χ0v) is 13.8. The van der Waals surface area contributed by atoms with E-state index in [1.54, 1.807) is 47.2 Å². The van der Waals surface area contributed by atoms with E-state index >= 15 is 0 Å². The minimum absolute atomic E-state index is 0.00712. The van der Waals surface area contributed by atoms with Gasteiger partial charge in [0.2, 0.25) is 11.7 Å². The zero-order valence-electron chi connectivity index (χ0n) is 13.8. The van der Waals surface area contributed by atoms with Crippen LogP contribution in [0.1, 0.15) is 33.8 Å². The number of ketones is 1. The van der Waals surface area contributed by atoms with Crippen LogP contribution in [0.15, 0.2) is 30.7 Å². The third kappa shape index (κ3) is 3.15. The molecule has 1 aliphatic rings. The van der Waals surface area contributed by atoms with E-state index in [4.69, 9.17) is 4.74 Å². The Hall–Kier alpha value is -2.70. The van der Waals surface area contributed by atoms with Crippen molar-refractivity contribution in [1.82, 2.24) is 19.4 Å². The van der Waals surface area contributed by atoms with E-state index in [1.807, 2.05) is 0 Å². The van der Waals surface area contributed by atoms with Crippen molar-refractivity contribution < 1.29 is 14.3 Å². The molecule has 1 saturated heterocycles. The fraction of sp³-hybridized carbons (Fsp3) is 0.412. The first-order valence-electron chi connectivity index (χ1n) is 7.91. The van der Waals surface area contributed by atoms with Gasteiger partial charge in [-0.2, -0.15) is 0 Å². The highest BCUT2D eigenvalue weighted by Gasteiger charge is 2.31. The molecular formula is C17H20N4O3. The first-order valence-corrected chi connectivity index (χ1v) is 7.91. The maximum absolute atomic E-state index is 12.7. The smallest absolute Gasteiger partial charge is 0.254 e. The first-order chi connectivity index (χ1) is 11.6. The normalized spacial score (nSPS) is 17.6. The average molecular weight is 328 g/mol. The van der Waals surface area contributed by atoms with Crippen LogP contribution in [0.2, 0.25) is 0 Å². The van der Waals surface area contributed by atoms with E-state index in [0.717, 1.165) is 12.8 Å². The summed E-state index contributed by atoms with van der Waals surface area (Å²) in [6, 6.07) is 3.28. The van der Waals surface area contributed by atoms with Crippen molar-refractivity contribution in [3.8, 4) is 5.88 Å². The third-order valence-corrected chi connectivity index (χ3v) is 4.31. The predicted octanol–water partition coefficient (Wildman–Crippen LogP) is 1.56. The van der Waals surface area contributed by atoms with Gasteiger partial charge in [0.1, 0.15) is 0 Å². The van der Waals surface area contributed by atoms with Gasteiger partial charge in [0, 0.05) is 56.3 Å². The monoisotopic (exact) mass is 328 g/mol. The maximum Gasteiger partial charge on any atom is 0.254 e. The number of carbonyl (C=O) groups is 2. The molecule has 0 spiro atoms. The fourth-order valence-corrected chi connectivity index (χ4v) is 3.00. The topological polar surface area (TPSA) is 77.3 Å². The van der Waals surface area contributed by atoms with Crippen molar-refractivity contribution in [2.24, 2.45) is 13.0 Å². The van der Waals surface area contributed by atoms with Crippen LogP contribution in [0.4, 0.5) is 0 Å². The molecule has 0 aromatic carbocycles. The van der Waals surface area contributed by atoms with E-state index < -0.39 is 0 Å². The highest BCUT2D eigenvalue weighted by atomic mass is 16.5. The van der Waals surface area contributed by atoms with Gasteiger partial charge in [-0.3, -0.25) is 9.59 Å². The number of imidazole rings is 1. The maximum atomic E-state index is 12.7. The van der Waals surface area contributed by atoms with Crippen LogP contribution < -0.4 is 4.74 Å². The SMILES string of the molecule is COc1cc(C(=O)N2CCC[C@H](C(=O)c3nccn3C)C2)ccn1. The number of amides is 1. The van der Waals surface area contributed by atoms with E-state index in [2.05, 4.69) is 9.97 Å². The number of pyridine rings is 1. The standard InChI is InChI=1S/C17H20N4O3/c1-20-9-7-19-16(20)15(22)13-4-3-8-21(11-13)17(23)12-5-6-18-14(10-12)24-2/h5-7,9-10,13H,3-4,8,11H2,1-2H3/t13-/m0/s1. The van der Waals surface area contributed by atoms with Gasteiger partial charge in [-0.25, -0.2) is 9.97 Å². The average Bonchev–Trinajstić information content (AvgIpc) is 3.06. The quantitative estimate of drug-likeness (QED) is 0.796. The number of nitrogens with zero attached hydrogens (tertiary/aromatic N) is 4. The lowest BCUT2D eigenvalue weighted by atomic mass is 9.93. The predicted molar refractivity (Wildman–Crippen MR) is 87.0 cm³/mol. The van der Waals surface area contributed by atoms with Gasteiger partial charge in [-0.15, -0.1) is 0 Å². The number of aryl methyl sites for hydroxylation is 1. The number of Topliss-reactive ketones (excluding diaryl/α,β-unsaturated/α-hetero) is 1. The molecule has 7 nitrogen and oxygen atoms in total. The van der Waals surface area contributed by atoms with Crippen LogP contribution in [-0.2, 0) is 7.05 Å². The lowest BCUT2D eigenvalue weighted by Gasteiger charge is -2.32. The van der Waals surface area contributed by atoms with Gasteiger partial charge in [0.05, 0.1) is 7.11 Å². The number of ether oxygens (including phenoxy) is 1. The second-order valence-corrected chi connectivity index (χ2v) is 5.90. The number of carbonyl (C=O) groups excluding carboxylic acids is 2. The van der Waals surface area contributed by atoms with Crippen LogP contribution >= 0.6 is 0 Å².